The number of carbonyl (C=O) groups is 2. The molecule has 0 aromatic carbocycles. The Kier molecular flexibility index (Phi) is 8.50. The summed E-state index contributed by atoms with van der Waals surface area (Å²) >= 11 is 8.48. The third-order valence-corrected chi connectivity index (χ3v) is 8.64. The summed E-state index contributed by atoms with van der Waals surface area (Å²) in [6, 6.07) is 0.599. The predicted octanol–water partition coefficient (Wildman–Crippen LogP) is 5.67. The Bertz CT molecular complexity index is 688. The lowest BCUT2D eigenvalue weighted by molar-refractivity contribution is -0.136. The fourth-order valence-electron chi connectivity index (χ4n) is 4.28. The summed E-state index contributed by atoms with van der Waals surface area (Å²) in [5.74, 6) is -0.0132. The largest absolute Gasteiger partial charge is 0.480 e. The topological polar surface area (TPSA) is 82.5 Å². The van der Waals surface area contributed by atoms with Crippen LogP contribution in [0.3, 0.4) is 0 Å². The number of nitrogens with one attached hydrogen (secondary N) is 1. The highest BCUT2D eigenvalue weighted by Gasteiger charge is 2.34. The highest BCUT2D eigenvalue weighted by molar-refractivity contribution is 8.01. The van der Waals surface area contributed by atoms with Crippen LogP contribution in [0.2, 0.25) is 0 Å². The van der Waals surface area contributed by atoms with Gasteiger partial charge in [-0.2, -0.15) is 0 Å². The van der Waals surface area contributed by atoms with Crippen molar-refractivity contribution < 1.29 is 14.7 Å². The van der Waals surface area contributed by atoms with Crippen molar-refractivity contribution >= 4 is 51.8 Å². The maximum atomic E-state index is 13.2. The maximum Gasteiger partial charge on any atom is 0.324 e. The van der Waals surface area contributed by atoms with Gasteiger partial charge >= 0.3 is 12.0 Å². The van der Waals surface area contributed by atoms with Crippen molar-refractivity contribution in [1.29, 1.82) is 0 Å². The SMILES string of the molecule is CC1CCC(N(C(=O)Nc2ncc(SC[C@@H](Cl)C(=O)O)s2)C2CCCCC2)CC1. The van der Waals surface area contributed by atoms with E-state index in [0.29, 0.717) is 17.2 Å². The summed E-state index contributed by atoms with van der Waals surface area (Å²) in [6.07, 6.45) is 12.0. The summed E-state index contributed by atoms with van der Waals surface area (Å²) in [7, 11) is 0. The Morgan fingerprint density at radius 3 is 2.55 bits per heavy atom. The van der Waals surface area contributed by atoms with Crippen LogP contribution in [0.1, 0.15) is 64.7 Å². The average molecular weight is 460 g/mol. The van der Waals surface area contributed by atoms with Gasteiger partial charge in [-0.3, -0.25) is 10.1 Å². The zero-order valence-electron chi connectivity index (χ0n) is 16.8. The molecule has 0 spiro atoms. The number of carboxylic acid groups (broad SMARTS) is 1. The van der Waals surface area contributed by atoms with Crippen molar-refractivity contribution in [1.82, 2.24) is 9.88 Å². The molecule has 0 aliphatic heterocycles. The van der Waals surface area contributed by atoms with E-state index in [9.17, 15) is 9.59 Å². The molecule has 6 nitrogen and oxygen atoms in total. The number of alkyl halides is 1. The van der Waals surface area contributed by atoms with Crippen LogP contribution in [0, 0.1) is 5.92 Å². The number of aromatic nitrogens is 1. The molecule has 2 fully saturated rings. The Labute approximate surface area is 185 Å². The number of halogens is 1. The molecule has 0 unspecified atom stereocenters. The molecule has 1 aromatic rings. The van der Waals surface area contributed by atoms with Crippen LogP contribution in [0.15, 0.2) is 10.4 Å². The molecule has 0 radical (unpaired) electrons. The number of hydrogen-bond donors (Lipinski definition) is 2. The van der Waals surface area contributed by atoms with Crippen LogP contribution in [-0.2, 0) is 4.79 Å². The molecule has 0 saturated heterocycles. The number of amides is 2. The summed E-state index contributed by atoms with van der Waals surface area (Å²) in [5, 5.41) is 11.5. The maximum absolute atomic E-state index is 13.2. The Morgan fingerprint density at radius 2 is 1.90 bits per heavy atom. The first kappa shape index (κ1) is 22.7. The van der Waals surface area contributed by atoms with E-state index in [1.807, 2.05) is 0 Å². The average Bonchev–Trinajstić information content (AvgIpc) is 3.15. The molecule has 2 aliphatic rings. The number of rotatable bonds is 7. The van der Waals surface area contributed by atoms with Gasteiger partial charge in [-0.05, 0) is 44.4 Å². The van der Waals surface area contributed by atoms with Crippen LogP contribution in [0.5, 0.6) is 0 Å². The van der Waals surface area contributed by atoms with Gasteiger partial charge in [-0.1, -0.05) is 37.5 Å². The van der Waals surface area contributed by atoms with Gasteiger partial charge in [0.1, 0.15) is 5.38 Å². The van der Waals surface area contributed by atoms with Gasteiger partial charge in [0.15, 0.2) is 5.13 Å². The van der Waals surface area contributed by atoms with Gasteiger partial charge in [0, 0.05) is 17.8 Å². The molecule has 2 amide bonds. The number of urea groups is 1. The van der Waals surface area contributed by atoms with E-state index in [-0.39, 0.29) is 11.8 Å². The number of carbonyl (C=O) groups excluding carboxylic acids is 1. The number of aliphatic carboxylic acids is 1. The summed E-state index contributed by atoms with van der Waals surface area (Å²) in [4.78, 5) is 30.5. The van der Waals surface area contributed by atoms with E-state index in [1.165, 1.54) is 55.2 Å². The van der Waals surface area contributed by atoms with Gasteiger partial charge in [0.05, 0.1) is 10.4 Å². The van der Waals surface area contributed by atoms with Crippen LogP contribution in [0.25, 0.3) is 0 Å². The Hall–Kier alpha value is -0.990. The molecule has 1 aromatic heterocycles. The second kappa shape index (κ2) is 10.9. The van der Waals surface area contributed by atoms with E-state index in [0.717, 1.165) is 35.8 Å². The van der Waals surface area contributed by atoms with E-state index in [1.54, 1.807) is 6.20 Å². The number of nitrogens with zero attached hydrogens (tertiary/aromatic N) is 2. The lowest BCUT2D eigenvalue weighted by Crippen LogP contribution is -2.51. The van der Waals surface area contributed by atoms with Crippen LogP contribution in [0.4, 0.5) is 9.93 Å². The predicted molar refractivity (Wildman–Crippen MR) is 119 cm³/mol. The molecular formula is C20H30ClN3O3S2. The fourth-order valence-corrected chi connectivity index (χ4v) is 6.26. The normalized spacial score (nSPS) is 24.1. The third-order valence-electron chi connectivity index (χ3n) is 5.92. The molecule has 2 N–H and O–H groups in total. The van der Waals surface area contributed by atoms with Gasteiger partial charge in [-0.25, -0.2) is 9.78 Å². The smallest absolute Gasteiger partial charge is 0.324 e. The van der Waals surface area contributed by atoms with Crippen molar-refractivity contribution in [2.45, 2.75) is 86.4 Å². The Morgan fingerprint density at radius 1 is 1.24 bits per heavy atom. The molecule has 3 rings (SSSR count). The lowest BCUT2D eigenvalue weighted by atomic mass is 9.84. The molecular weight excluding hydrogens is 430 g/mol. The number of thiazole rings is 1. The molecule has 1 heterocycles. The number of carboxylic acids is 1. The van der Waals surface area contributed by atoms with Crippen molar-refractivity contribution in [2.24, 2.45) is 5.92 Å². The summed E-state index contributed by atoms with van der Waals surface area (Å²) in [6.45, 7) is 2.30. The lowest BCUT2D eigenvalue weighted by Gasteiger charge is -2.42. The van der Waals surface area contributed by atoms with E-state index < -0.39 is 11.3 Å². The second-order valence-corrected chi connectivity index (χ2v) is 11.0. The molecule has 0 bridgehead atoms. The minimum absolute atomic E-state index is 0.0388. The Balaban J connectivity index is 1.62. The monoisotopic (exact) mass is 459 g/mol. The standard InChI is InChI=1S/C20H30ClN3O3S2/c1-13-7-9-15(10-8-13)24(14-5-3-2-4-6-14)20(27)23-19-22-11-17(29-19)28-12-16(21)18(25)26/h11,13-16H,2-10,12H2,1H3,(H,25,26)(H,22,23,27)/t13?,15?,16-/m1/s1. The first-order valence-corrected chi connectivity index (χ1v) is 12.7. The molecule has 162 valence electrons. The number of anilines is 1. The highest BCUT2D eigenvalue weighted by atomic mass is 35.5. The molecule has 2 saturated carbocycles. The zero-order chi connectivity index (χ0) is 20.8. The van der Waals surface area contributed by atoms with Gasteiger partial charge in [-0.15, -0.1) is 23.4 Å². The fraction of sp³-hybridized carbons (Fsp3) is 0.750. The van der Waals surface area contributed by atoms with Crippen molar-refractivity contribution in [3.05, 3.63) is 6.20 Å². The second-order valence-electron chi connectivity index (χ2n) is 8.14. The van der Waals surface area contributed by atoms with Crippen molar-refractivity contribution in [2.75, 3.05) is 11.1 Å². The minimum atomic E-state index is -1.03. The van der Waals surface area contributed by atoms with E-state index >= 15 is 0 Å². The first-order chi connectivity index (χ1) is 13.9. The minimum Gasteiger partial charge on any atom is -0.480 e. The van der Waals surface area contributed by atoms with E-state index in [2.05, 4.69) is 22.1 Å². The van der Waals surface area contributed by atoms with Crippen molar-refractivity contribution in [3.8, 4) is 0 Å². The quantitative estimate of drug-likeness (QED) is 0.405. The molecule has 29 heavy (non-hydrogen) atoms. The highest BCUT2D eigenvalue weighted by Crippen LogP contribution is 2.34. The van der Waals surface area contributed by atoms with E-state index in [4.69, 9.17) is 16.7 Å². The first-order valence-electron chi connectivity index (χ1n) is 10.5. The van der Waals surface area contributed by atoms with Crippen molar-refractivity contribution in [3.63, 3.8) is 0 Å². The molecule has 2 aliphatic carbocycles. The molecule has 1 atom stereocenters. The number of hydrogen-bond acceptors (Lipinski definition) is 5. The number of thioether (sulfide) groups is 1. The molecule has 9 heteroatoms. The third kappa shape index (κ3) is 6.49. The summed E-state index contributed by atoms with van der Waals surface area (Å²) < 4.78 is 0.850. The zero-order valence-corrected chi connectivity index (χ0v) is 19.2. The van der Waals surface area contributed by atoms with Crippen LogP contribution < -0.4 is 5.32 Å². The summed E-state index contributed by atoms with van der Waals surface area (Å²) in [5.41, 5.74) is 0. The van der Waals surface area contributed by atoms with Gasteiger partial charge < -0.3 is 10.0 Å². The van der Waals surface area contributed by atoms with Crippen LogP contribution >= 0.6 is 34.7 Å². The van der Waals surface area contributed by atoms with Gasteiger partial charge in [0.2, 0.25) is 0 Å². The van der Waals surface area contributed by atoms with Gasteiger partial charge in [0.25, 0.3) is 0 Å². The van der Waals surface area contributed by atoms with Crippen LogP contribution in [-0.4, -0.2) is 50.2 Å².